The van der Waals surface area contributed by atoms with E-state index in [1.54, 1.807) is 47.5 Å². The molecule has 5 nitrogen and oxygen atoms in total. The molecule has 1 heterocycles. The Hall–Kier alpha value is -2.44. The zero-order valence-corrected chi connectivity index (χ0v) is 16.0. The number of nitrogens with one attached hydrogen (secondary N) is 1. The first-order valence-corrected chi connectivity index (χ1v) is 9.30. The van der Waals surface area contributed by atoms with E-state index >= 15 is 0 Å². The molecule has 0 radical (unpaired) electrons. The van der Waals surface area contributed by atoms with Crippen LogP contribution in [0.2, 0.25) is 5.02 Å². The van der Waals surface area contributed by atoms with Gasteiger partial charge in [-0.3, -0.25) is 9.59 Å². The van der Waals surface area contributed by atoms with Gasteiger partial charge in [-0.15, -0.1) is 11.3 Å². The van der Waals surface area contributed by atoms with Gasteiger partial charge in [-0.05, 0) is 31.2 Å². The summed E-state index contributed by atoms with van der Waals surface area (Å²) in [4.78, 5) is 30.8. The Morgan fingerprint density at radius 3 is 2.62 bits per heavy atom. The van der Waals surface area contributed by atoms with Crippen LogP contribution in [0.5, 0.6) is 0 Å². The molecule has 3 aromatic rings. The molecule has 0 spiro atoms. The van der Waals surface area contributed by atoms with Crippen LogP contribution in [-0.4, -0.2) is 35.3 Å². The topological polar surface area (TPSA) is 62.3 Å². The lowest BCUT2D eigenvalue weighted by Gasteiger charge is -2.23. The molecule has 134 valence electrons. The van der Waals surface area contributed by atoms with Crippen LogP contribution in [0.15, 0.2) is 48.5 Å². The van der Waals surface area contributed by atoms with Gasteiger partial charge in [0, 0.05) is 7.05 Å². The number of carbonyl (C=O) groups excluding carboxylic acids is 2. The molecule has 0 aliphatic rings. The maximum absolute atomic E-state index is 12.4. The van der Waals surface area contributed by atoms with E-state index in [4.69, 9.17) is 11.6 Å². The smallest absolute Gasteiger partial charge is 0.253 e. The molecular weight excluding hydrogens is 370 g/mol. The minimum Gasteiger partial charge on any atom is -0.343 e. The van der Waals surface area contributed by atoms with E-state index in [1.165, 1.54) is 0 Å². The normalized spacial score (nSPS) is 12.0. The van der Waals surface area contributed by atoms with Crippen molar-refractivity contribution in [2.45, 2.75) is 13.0 Å². The predicted octanol–water partition coefficient (Wildman–Crippen LogP) is 3.90. The van der Waals surface area contributed by atoms with Crippen molar-refractivity contribution in [3.63, 3.8) is 0 Å². The maximum atomic E-state index is 12.4. The highest BCUT2D eigenvalue weighted by atomic mass is 35.5. The zero-order chi connectivity index (χ0) is 18.7. The van der Waals surface area contributed by atoms with Gasteiger partial charge in [0.05, 0.1) is 33.4 Å². The fourth-order valence-electron chi connectivity index (χ4n) is 2.47. The van der Waals surface area contributed by atoms with E-state index in [0.29, 0.717) is 10.6 Å². The summed E-state index contributed by atoms with van der Waals surface area (Å²) >= 11 is 7.57. The monoisotopic (exact) mass is 387 g/mol. The second-order valence-corrected chi connectivity index (χ2v) is 7.33. The van der Waals surface area contributed by atoms with Gasteiger partial charge >= 0.3 is 0 Å². The molecule has 0 aliphatic heterocycles. The Labute approximate surface area is 160 Å². The molecule has 7 heteroatoms. The number of nitrogens with zero attached hydrogens (tertiary/aromatic N) is 2. The van der Waals surface area contributed by atoms with E-state index in [1.807, 2.05) is 31.2 Å². The van der Waals surface area contributed by atoms with E-state index < -0.39 is 0 Å². The number of hydrogen-bond acceptors (Lipinski definition) is 4. The molecule has 2 amide bonds. The molecule has 0 aliphatic carbocycles. The van der Waals surface area contributed by atoms with Crippen LogP contribution < -0.4 is 5.32 Å². The Kier molecular flexibility index (Phi) is 5.54. The molecule has 0 saturated carbocycles. The number of thiazole rings is 1. The van der Waals surface area contributed by atoms with Crippen molar-refractivity contribution in [2.24, 2.45) is 0 Å². The lowest BCUT2D eigenvalue weighted by molar-refractivity contribution is -0.130. The van der Waals surface area contributed by atoms with Crippen molar-refractivity contribution in [3.8, 4) is 0 Å². The molecular formula is C19H18ClN3O2S. The summed E-state index contributed by atoms with van der Waals surface area (Å²) in [5.74, 6) is -0.567. The second kappa shape index (κ2) is 7.85. The minimum atomic E-state index is -0.370. The van der Waals surface area contributed by atoms with Crippen molar-refractivity contribution >= 4 is 45.0 Å². The van der Waals surface area contributed by atoms with Crippen molar-refractivity contribution in [2.75, 3.05) is 13.6 Å². The fraction of sp³-hybridized carbons (Fsp3) is 0.211. The van der Waals surface area contributed by atoms with Gasteiger partial charge in [-0.1, -0.05) is 35.9 Å². The van der Waals surface area contributed by atoms with Crippen LogP contribution in [-0.2, 0) is 4.79 Å². The van der Waals surface area contributed by atoms with E-state index in [2.05, 4.69) is 10.3 Å². The first-order chi connectivity index (χ1) is 12.5. The molecule has 1 N–H and O–H groups in total. The summed E-state index contributed by atoms with van der Waals surface area (Å²) in [5.41, 5.74) is 1.27. The number of fused-ring (bicyclic) bond motifs is 1. The SMILES string of the molecule is CC(c1nc2ccccc2s1)N(C)C(=O)CNC(=O)c1ccccc1Cl. The van der Waals surface area contributed by atoms with Crippen molar-refractivity contribution in [3.05, 3.63) is 64.1 Å². The average molecular weight is 388 g/mol. The standard InChI is InChI=1S/C19H18ClN3O2S/c1-12(19-22-15-9-5-6-10-16(15)26-19)23(2)17(24)11-21-18(25)13-7-3-4-8-14(13)20/h3-10,12H,11H2,1-2H3,(H,21,25). The second-order valence-electron chi connectivity index (χ2n) is 5.86. The number of aromatic nitrogens is 1. The molecule has 0 fully saturated rings. The molecule has 3 rings (SSSR count). The lowest BCUT2D eigenvalue weighted by Crippen LogP contribution is -2.39. The molecule has 2 aromatic carbocycles. The number of benzene rings is 2. The van der Waals surface area contributed by atoms with E-state index in [9.17, 15) is 9.59 Å². The third kappa shape index (κ3) is 3.86. The third-order valence-corrected chi connectivity index (χ3v) is 5.70. The van der Waals surface area contributed by atoms with Crippen LogP contribution in [0.1, 0.15) is 28.3 Å². The molecule has 26 heavy (non-hydrogen) atoms. The maximum Gasteiger partial charge on any atom is 0.253 e. The Morgan fingerprint density at radius 1 is 1.19 bits per heavy atom. The zero-order valence-electron chi connectivity index (χ0n) is 14.4. The van der Waals surface area contributed by atoms with Crippen LogP contribution >= 0.6 is 22.9 Å². The largest absolute Gasteiger partial charge is 0.343 e. The molecule has 0 saturated heterocycles. The van der Waals surface area contributed by atoms with Crippen LogP contribution in [0.25, 0.3) is 10.2 Å². The summed E-state index contributed by atoms with van der Waals surface area (Å²) in [6.45, 7) is 1.82. The fourth-order valence-corrected chi connectivity index (χ4v) is 3.76. The van der Waals surface area contributed by atoms with Crippen molar-refractivity contribution in [1.82, 2.24) is 15.2 Å². The van der Waals surface area contributed by atoms with Gasteiger partial charge in [0.2, 0.25) is 5.91 Å². The molecule has 1 aromatic heterocycles. The number of para-hydroxylation sites is 1. The number of carbonyl (C=O) groups is 2. The average Bonchev–Trinajstić information content (AvgIpc) is 3.09. The molecule has 1 atom stereocenters. The van der Waals surface area contributed by atoms with Crippen LogP contribution in [0, 0.1) is 0 Å². The third-order valence-electron chi connectivity index (χ3n) is 4.16. The Morgan fingerprint density at radius 2 is 1.88 bits per heavy atom. The van der Waals surface area contributed by atoms with Crippen LogP contribution in [0.3, 0.4) is 0 Å². The number of amides is 2. The summed E-state index contributed by atoms with van der Waals surface area (Å²) in [7, 11) is 1.71. The number of hydrogen-bond donors (Lipinski definition) is 1. The highest BCUT2D eigenvalue weighted by Gasteiger charge is 2.21. The summed E-state index contributed by atoms with van der Waals surface area (Å²) in [6, 6.07) is 14.4. The summed E-state index contributed by atoms with van der Waals surface area (Å²) < 4.78 is 1.09. The highest BCUT2D eigenvalue weighted by Crippen LogP contribution is 2.28. The quantitative estimate of drug-likeness (QED) is 0.722. The van der Waals surface area contributed by atoms with Gasteiger partial charge in [0.15, 0.2) is 0 Å². The summed E-state index contributed by atoms with van der Waals surface area (Å²) in [5, 5.41) is 3.84. The van der Waals surface area contributed by atoms with Crippen LogP contribution in [0.4, 0.5) is 0 Å². The number of likely N-dealkylation sites (N-methyl/N-ethyl adjacent to an activating group) is 1. The molecule has 1 unspecified atom stereocenters. The minimum absolute atomic E-state index is 0.101. The van der Waals surface area contributed by atoms with E-state index in [0.717, 1.165) is 15.2 Å². The Bertz CT molecular complexity index is 924. The predicted molar refractivity (Wildman–Crippen MR) is 105 cm³/mol. The van der Waals surface area contributed by atoms with Gasteiger partial charge in [0.25, 0.3) is 5.91 Å². The Balaban J connectivity index is 1.63. The number of halogens is 1. The van der Waals surface area contributed by atoms with Crippen molar-refractivity contribution in [1.29, 1.82) is 0 Å². The van der Waals surface area contributed by atoms with Crippen molar-refractivity contribution < 1.29 is 9.59 Å². The van der Waals surface area contributed by atoms with E-state index in [-0.39, 0.29) is 24.4 Å². The summed E-state index contributed by atoms with van der Waals surface area (Å²) in [6.07, 6.45) is 0. The number of rotatable bonds is 5. The highest BCUT2D eigenvalue weighted by molar-refractivity contribution is 7.18. The molecule has 0 bridgehead atoms. The first-order valence-electron chi connectivity index (χ1n) is 8.11. The van der Waals surface area contributed by atoms with Gasteiger partial charge in [-0.2, -0.15) is 0 Å². The van der Waals surface area contributed by atoms with Gasteiger partial charge in [0.1, 0.15) is 5.01 Å². The van der Waals surface area contributed by atoms with Gasteiger partial charge in [-0.25, -0.2) is 4.98 Å². The van der Waals surface area contributed by atoms with Gasteiger partial charge < -0.3 is 10.2 Å². The first kappa shape index (κ1) is 18.4. The lowest BCUT2D eigenvalue weighted by atomic mass is 10.2.